The summed E-state index contributed by atoms with van der Waals surface area (Å²) in [6.45, 7) is 0.0793. The molecule has 1 N–H and O–H groups in total. The number of methoxy groups -OCH3 is 1. The van der Waals surface area contributed by atoms with Crippen LogP contribution in [0.5, 0.6) is 11.5 Å². The van der Waals surface area contributed by atoms with Gasteiger partial charge < -0.3 is 19.7 Å². The molecule has 0 aromatic heterocycles. The van der Waals surface area contributed by atoms with Crippen molar-refractivity contribution in [2.24, 2.45) is 0 Å². The lowest BCUT2D eigenvalue weighted by molar-refractivity contribution is -0.143. The number of ether oxygens (including phenoxy) is 2. The van der Waals surface area contributed by atoms with Crippen LogP contribution in [0.2, 0.25) is 0 Å². The van der Waals surface area contributed by atoms with Crippen molar-refractivity contribution in [3.63, 3.8) is 0 Å². The van der Waals surface area contributed by atoms with Crippen molar-refractivity contribution < 1.29 is 19.1 Å². The highest BCUT2D eigenvalue weighted by molar-refractivity contribution is 9.10. The molecule has 0 saturated heterocycles. The van der Waals surface area contributed by atoms with Crippen molar-refractivity contribution in [3.05, 3.63) is 94.5 Å². The Balaban J connectivity index is 1.61. The summed E-state index contributed by atoms with van der Waals surface area (Å²) in [7, 11) is 1.56. The highest BCUT2D eigenvalue weighted by Crippen LogP contribution is 2.26. The van der Waals surface area contributed by atoms with Crippen molar-refractivity contribution in [1.82, 2.24) is 10.2 Å². The molecule has 7 heteroatoms. The van der Waals surface area contributed by atoms with Gasteiger partial charge in [-0.1, -0.05) is 83.4 Å². The van der Waals surface area contributed by atoms with E-state index >= 15 is 0 Å². The summed E-state index contributed by atoms with van der Waals surface area (Å²) in [5.74, 6) is 0.640. The molecule has 0 unspecified atom stereocenters. The molecule has 1 atom stereocenters. The largest absolute Gasteiger partial charge is 0.493 e. The molecule has 0 bridgehead atoms. The first kappa shape index (κ1) is 26.7. The number of carbonyl (C=O) groups excluding carboxylic acids is 2. The van der Waals surface area contributed by atoms with E-state index in [1.54, 1.807) is 24.1 Å². The van der Waals surface area contributed by atoms with E-state index in [2.05, 4.69) is 21.2 Å². The van der Waals surface area contributed by atoms with Crippen LogP contribution >= 0.6 is 15.9 Å². The number of carbonyl (C=O) groups is 2. The third kappa shape index (κ3) is 7.59. The van der Waals surface area contributed by atoms with E-state index in [1.165, 1.54) is 0 Å². The number of hydrogen-bond donors (Lipinski definition) is 1. The van der Waals surface area contributed by atoms with Crippen LogP contribution in [0.4, 0.5) is 0 Å². The monoisotopic (exact) mass is 564 g/mol. The van der Waals surface area contributed by atoms with Gasteiger partial charge in [0.1, 0.15) is 6.04 Å². The van der Waals surface area contributed by atoms with Crippen molar-refractivity contribution in [2.75, 3.05) is 13.7 Å². The lowest BCUT2D eigenvalue weighted by atomic mass is 10.0. The van der Waals surface area contributed by atoms with Crippen LogP contribution in [-0.4, -0.2) is 42.5 Å². The van der Waals surface area contributed by atoms with Crippen molar-refractivity contribution >= 4 is 27.7 Å². The lowest BCUT2D eigenvalue weighted by Gasteiger charge is -2.32. The summed E-state index contributed by atoms with van der Waals surface area (Å²) in [5.41, 5.74) is 1.92. The van der Waals surface area contributed by atoms with E-state index in [0.717, 1.165) is 41.3 Å². The number of amides is 2. The number of para-hydroxylation sites is 2. The molecule has 6 nitrogen and oxygen atoms in total. The Labute approximate surface area is 227 Å². The van der Waals surface area contributed by atoms with Crippen LogP contribution in [0.25, 0.3) is 0 Å². The van der Waals surface area contributed by atoms with Gasteiger partial charge in [0, 0.05) is 23.5 Å². The molecule has 0 heterocycles. The minimum absolute atomic E-state index is 0.126. The van der Waals surface area contributed by atoms with Gasteiger partial charge in [-0.05, 0) is 48.2 Å². The zero-order valence-electron chi connectivity index (χ0n) is 21.1. The molecule has 2 amide bonds. The molecule has 1 aliphatic carbocycles. The van der Waals surface area contributed by atoms with Gasteiger partial charge >= 0.3 is 0 Å². The highest BCUT2D eigenvalue weighted by Gasteiger charge is 2.32. The first-order chi connectivity index (χ1) is 18.0. The molecular formula is C30H33BrN2O4. The second kappa shape index (κ2) is 13.3. The Morgan fingerprint density at radius 1 is 0.919 bits per heavy atom. The standard InChI is InChI=1S/C30H33BrN2O4/c1-36-27-13-7-8-14-28(27)37-21-29(34)33(20-23-15-17-24(31)18-16-23)26(19-22-9-3-2-4-10-22)30(35)32-25-11-5-6-12-25/h2-4,7-10,13-18,25-26H,5-6,11-12,19-21H2,1H3,(H,32,35)/t26-/m0/s1. The minimum Gasteiger partial charge on any atom is -0.493 e. The maximum absolute atomic E-state index is 13.7. The molecule has 0 spiro atoms. The molecule has 194 valence electrons. The summed E-state index contributed by atoms with van der Waals surface area (Å²) in [6.07, 6.45) is 4.59. The predicted octanol–water partition coefficient (Wildman–Crippen LogP) is 5.54. The predicted molar refractivity (Wildman–Crippen MR) is 148 cm³/mol. The molecule has 4 rings (SSSR count). The van der Waals surface area contributed by atoms with E-state index in [0.29, 0.717) is 17.9 Å². The molecule has 3 aromatic carbocycles. The average Bonchev–Trinajstić information content (AvgIpc) is 3.44. The van der Waals surface area contributed by atoms with Crippen LogP contribution < -0.4 is 14.8 Å². The van der Waals surface area contributed by atoms with Gasteiger partial charge in [-0.3, -0.25) is 9.59 Å². The van der Waals surface area contributed by atoms with Gasteiger partial charge in [0.2, 0.25) is 5.91 Å². The molecule has 1 aliphatic rings. The Morgan fingerprint density at radius 2 is 1.57 bits per heavy atom. The summed E-state index contributed by atoms with van der Waals surface area (Å²) in [6, 6.07) is 24.3. The molecule has 3 aromatic rings. The van der Waals surface area contributed by atoms with Crippen LogP contribution in [0.15, 0.2) is 83.3 Å². The summed E-state index contributed by atoms with van der Waals surface area (Å²) in [5, 5.41) is 3.22. The third-order valence-electron chi connectivity index (χ3n) is 6.66. The zero-order chi connectivity index (χ0) is 26.0. The fraction of sp³-hybridized carbons (Fsp3) is 0.333. The topological polar surface area (TPSA) is 67.9 Å². The molecule has 1 saturated carbocycles. The van der Waals surface area contributed by atoms with Crippen LogP contribution in [0.1, 0.15) is 36.8 Å². The Morgan fingerprint density at radius 3 is 2.24 bits per heavy atom. The Kier molecular flexibility index (Phi) is 9.60. The fourth-order valence-corrected chi connectivity index (χ4v) is 4.93. The van der Waals surface area contributed by atoms with Crippen molar-refractivity contribution in [1.29, 1.82) is 0 Å². The minimum atomic E-state index is -0.680. The van der Waals surface area contributed by atoms with E-state index < -0.39 is 6.04 Å². The van der Waals surface area contributed by atoms with Gasteiger partial charge in [-0.2, -0.15) is 0 Å². The van der Waals surface area contributed by atoms with E-state index in [1.807, 2.05) is 66.7 Å². The number of benzene rings is 3. The first-order valence-electron chi connectivity index (χ1n) is 12.7. The summed E-state index contributed by atoms with van der Waals surface area (Å²) in [4.78, 5) is 29.1. The highest BCUT2D eigenvalue weighted by atomic mass is 79.9. The lowest BCUT2D eigenvalue weighted by Crippen LogP contribution is -2.53. The quantitative estimate of drug-likeness (QED) is 0.332. The Bertz CT molecular complexity index is 1160. The maximum Gasteiger partial charge on any atom is 0.261 e. The molecule has 37 heavy (non-hydrogen) atoms. The van der Waals surface area contributed by atoms with Crippen LogP contribution in [-0.2, 0) is 22.6 Å². The van der Waals surface area contributed by atoms with Crippen molar-refractivity contribution in [2.45, 2.75) is 50.7 Å². The normalized spacial score (nSPS) is 14.1. The number of nitrogens with zero attached hydrogens (tertiary/aromatic N) is 1. The second-order valence-electron chi connectivity index (χ2n) is 9.28. The van der Waals surface area contributed by atoms with Gasteiger partial charge in [0.15, 0.2) is 18.1 Å². The Hall–Kier alpha value is -3.32. The van der Waals surface area contributed by atoms with Crippen LogP contribution in [0, 0.1) is 0 Å². The summed E-state index contributed by atoms with van der Waals surface area (Å²) < 4.78 is 12.2. The fourth-order valence-electron chi connectivity index (χ4n) is 4.67. The van der Waals surface area contributed by atoms with Gasteiger partial charge in [-0.15, -0.1) is 0 Å². The van der Waals surface area contributed by atoms with Gasteiger partial charge in [0.05, 0.1) is 7.11 Å². The van der Waals surface area contributed by atoms with Gasteiger partial charge in [-0.25, -0.2) is 0 Å². The average molecular weight is 566 g/mol. The zero-order valence-corrected chi connectivity index (χ0v) is 22.7. The second-order valence-corrected chi connectivity index (χ2v) is 10.2. The first-order valence-corrected chi connectivity index (χ1v) is 13.5. The molecule has 1 fully saturated rings. The molecule has 0 aliphatic heterocycles. The third-order valence-corrected chi connectivity index (χ3v) is 7.19. The van der Waals surface area contributed by atoms with E-state index in [4.69, 9.17) is 9.47 Å². The number of nitrogens with one attached hydrogen (secondary N) is 1. The number of halogens is 1. The van der Waals surface area contributed by atoms with Crippen LogP contribution in [0.3, 0.4) is 0 Å². The SMILES string of the molecule is COc1ccccc1OCC(=O)N(Cc1ccc(Br)cc1)[C@@H](Cc1ccccc1)C(=O)NC1CCCC1. The molecule has 0 radical (unpaired) electrons. The number of hydrogen-bond acceptors (Lipinski definition) is 4. The van der Waals surface area contributed by atoms with Gasteiger partial charge in [0.25, 0.3) is 5.91 Å². The smallest absolute Gasteiger partial charge is 0.261 e. The molecular weight excluding hydrogens is 532 g/mol. The summed E-state index contributed by atoms with van der Waals surface area (Å²) >= 11 is 3.47. The van der Waals surface area contributed by atoms with E-state index in [9.17, 15) is 9.59 Å². The maximum atomic E-state index is 13.7. The van der Waals surface area contributed by atoms with Crippen molar-refractivity contribution in [3.8, 4) is 11.5 Å². The van der Waals surface area contributed by atoms with E-state index in [-0.39, 0.29) is 31.0 Å². The number of rotatable bonds is 11.